The normalized spacial score (nSPS) is 14.0. The lowest BCUT2D eigenvalue weighted by molar-refractivity contribution is -0.130. The molecule has 1 aliphatic rings. The molecule has 1 N–H and O–H groups in total. The van der Waals surface area contributed by atoms with E-state index in [1.807, 2.05) is 53.4 Å². The van der Waals surface area contributed by atoms with Crippen LogP contribution in [0.5, 0.6) is 0 Å². The fraction of sp³-hybridized carbons (Fsp3) is 0.238. The van der Waals surface area contributed by atoms with E-state index in [-0.39, 0.29) is 5.91 Å². The Kier molecular flexibility index (Phi) is 5.86. The summed E-state index contributed by atoms with van der Waals surface area (Å²) in [4.78, 5) is 20.6. The third-order valence-electron chi connectivity index (χ3n) is 4.83. The number of hydrogen-bond donors (Lipinski definition) is 1. The summed E-state index contributed by atoms with van der Waals surface area (Å²) in [5.74, 6) is 1.63. The van der Waals surface area contributed by atoms with Gasteiger partial charge < -0.3 is 15.1 Å². The Morgan fingerprint density at radius 3 is 2.31 bits per heavy atom. The summed E-state index contributed by atoms with van der Waals surface area (Å²) in [5, 5.41) is 12.4. The SMILES string of the molecule is O=C(Cc1ccc(Cl)cc1)N1CCN(c2ccc(Nc3ccncc3)nn2)CC1. The highest BCUT2D eigenvalue weighted by molar-refractivity contribution is 6.30. The molecule has 148 valence electrons. The van der Waals surface area contributed by atoms with Gasteiger partial charge in [0.2, 0.25) is 5.91 Å². The second-order valence-corrected chi connectivity index (χ2v) is 7.25. The Hall–Kier alpha value is -3.19. The third kappa shape index (κ3) is 5.00. The minimum atomic E-state index is 0.134. The van der Waals surface area contributed by atoms with E-state index in [2.05, 4.69) is 25.4 Å². The first-order valence-electron chi connectivity index (χ1n) is 9.45. The summed E-state index contributed by atoms with van der Waals surface area (Å²) < 4.78 is 0. The maximum absolute atomic E-state index is 12.5. The summed E-state index contributed by atoms with van der Waals surface area (Å²) in [6.45, 7) is 2.81. The van der Waals surface area contributed by atoms with E-state index >= 15 is 0 Å². The lowest BCUT2D eigenvalue weighted by atomic mass is 10.1. The predicted octanol–water partition coefficient (Wildman–Crippen LogP) is 3.16. The number of rotatable bonds is 5. The van der Waals surface area contributed by atoms with Gasteiger partial charge in [-0.15, -0.1) is 10.2 Å². The van der Waals surface area contributed by atoms with E-state index < -0.39 is 0 Å². The van der Waals surface area contributed by atoms with E-state index in [9.17, 15) is 4.79 Å². The first-order valence-corrected chi connectivity index (χ1v) is 9.83. The second-order valence-electron chi connectivity index (χ2n) is 6.81. The number of aromatic nitrogens is 3. The molecule has 0 spiro atoms. The number of anilines is 3. The molecular weight excluding hydrogens is 388 g/mol. The fourth-order valence-corrected chi connectivity index (χ4v) is 3.34. The van der Waals surface area contributed by atoms with Gasteiger partial charge in [-0.3, -0.25) is 9.78 Å². The fourth-order valence-electron chi connectivity index (χ4n) is 3.22. The van der Waals surface area contributed by atoms with Gasteiger partial charge in [-0.2, -0.15) is 0 Å². The van der Waals surface area contributed by atoms with Crippen molar-refractivity contribution in [1.29, 1.82) is 0 Å². The number of hydrogen-bond acceptors (Lipinski definition) is 6. The van der Waals surface area contributed by atoms with Crippen LogP contribution >= 0.6 is 11.6 Å². The van der Waals surface area contributed by atoms with Crippen molar-refractivity contribution in [2.24, 2.45) is 0 Å². The van der Waals surface area contributed by atoms with Gasteiger partial charge in [-0.05, 0) is 42.0 Å². The Morgan fingerprint density at radius 2 is 1.66 bits per heavy atom. The smallest absolute Gasteiger partial charge is 0.227 e. The zero-order valence-corrected chi connectivity index (χ0v) is 16.6. The van der Waals surface area contributed by atoms with Crippen LogP contribution < -0.4 is 10.2 Å². The summed E-state index contributed by atoms with van der Waals surface area (Å²) >= 11 is 5.90. The molecule has 1 saturated heterocycles. The minimum Gasteiger partial charge on any atom is -0.352 e. The lowest BCUT2D eigenvalue weighted by Gasteiger charge is -2.35. The van der Waals surface area contributed by atoms with Crippen LogP contribution in [0.15, 0.2) is 60.9 Å². The van der Waals surface area contributed by atoms with Crippen LogP contribution in [0.4, 0.5) is 17.3 Å². The summed E-state index contributed by atoms with van der Waals surface area (Å²) in [5.41, 5.74) is 1.89. The van der Waals surface area contributed by atoms with Crippen LogP contribution in [0, 0.1) is 0 Å². The van der Waals surface area contributed by atoms with E-state index in [0.717, 1.165) is 30.2 Å². The van der Waals surface area contributed by atoms with E-state index in [4.69, 9.17) is 11.6 Å². The molecule has 29 heavy (non-hydrogen) atoms. The molecule has 4 rings (SSSR count). The number of nitrogens with zero attached hydrogens (tertiary/aromatic N) is 5. The van der Waals surface area contributed by atoms with E-state index in [1.54, 1.807) is 12.4 Å². The number of carbonyl (C=O) groups excluding carboxylic acids is 1. The van der Waals surface area contributed by atoms with Crippen molar-refractivity contribution in [1.82, 2.24) is 20.1 Å². The van der Waals surface area contributed by atoms with Crippen LogP contribution in [-0.2, 0) is 11.2 Å². The van der Waals surface area contributed by atoms with Crippen molar-refractivity contribution in [3.63, 3.8) is 0 Å². The maximum Gasteiger partial charge on any atom is 0.227 e. The third-order valence-corrected chi connectivity index (χ3v) is 5.08. The van der Waals surface area contributed by atoms with Crippen LogP contribution in [-0.4, -0.2) is 52.2 Å². The van der Waals surface area contributed by atoms with Crippen LogP contribution in [0.25, 0.3) is 0 Å². The number of benzene rings is 1. The van der Waals surface area contributed by atoms with Crippen molar-refractivity contribution in [2.75, 3.05) is 36.4 Å². The van der Waals surface area contributed by atoms with Gasteiger partial charge in [0.05, 0.1) is 6.42 Å². The van der Waals surface area contributed by atoms with Crippen LogP contribution in [0.2, 0.25) is 5.02 Å². The number of carbonyl (C=O) groups is 1. The average molecular weight is 409 g/mol. The predicted molar refractivity (Wildman–Crippen MR) is 114 cm³/mol. The lowest BCUT2D eigenvalue weighted by Crippen LogP contribution is -2.49. The van der Waals surface area contributed by atoms with Crippen molar-refractivity contribution < 1.29 is 4.79 Å². The Balaban J connectivity index is 1.30. The molecule has 0 saturated carbocycles. The molecule has 1 amide bonds. The first kappa shape index (κ1) is 19.1. The maximum atomic E-state index is 12.5. The molecule has 0 aliphatic carbocycles. The number of nitrogens with one attached hydrogen (secondary N) is 1. The second kappa shape index (κ2) is 8.87. The molecule has 0 bridgehead atoms. The van der Waals surface area contributed by atoms with Gasteiger partial charge in [0.1, 0.15) is 0 Å². The van der Waals surface area contributed by atoms with Crippen molar-refractivity contribution >= 4 is 34.8 Å². The first-order chi connectivity index (χ1) is 14.2. The number of piperazine rings is 1. The number of amides is 1. The van der Waals surface area contributed by atoms with Gasteiger partial charge in [0.25, 0.3) is 0 Å². The molecule has 1 aromatic carbocycles. The molecular formula is C21H21ClN6O. The van der Waals surface area contributed by atoms with Gasteiger partial charge in [-0.1, -0.05) is 23.7 Å². The zero-order chi connectivity index (χ0) is 20.1. The van der Waals surface area contributed by atoms with Crippen molar-refractivity contribution in [3.05, 3.63) is 71.5 Å². The summed E-state index contributed by atoms with van der Waals surface area (Å²) in [6.07, 6.45) is 3.84. The highest BCUT2D eigenvalue weighted by Crippen LogP contribution is 2.18. The highest BCUT2D eigenvalue weighted by Gasteiger charge is 2.22. The van der Waals surface area contributed by atoms with E-state index in [0.29, 0.717) is 30.4 Å². The molecule has 0 atom stereocenters. The minimum absolute atomic E-state index is 0.134. The molecule has 8 heteroatoms. The Labute approximate surface area is 174 Å². The van der Waals surface area contributed by atoms with Crippen LogP contribution in [0.3, 0.4) is 0 Å². The highest BCUT2D eigenvalue weighted by atomic mass is 35.5. The van der Waals surface area contributed by atoms with Crippen molar-refractivity contribution in [2.45, 2.75) is 6.42 Å². The standard InChI is InChI=1S/C21H21ClN6O/c22-17-3-1-16(2-4-17)15-21(29)28-13-11-27(12-14-28)20-6-5-19(25-26-20)24-18-7-9-23-10-8-18/h1-10H,11-15H2,(H,23,24,25). The number of halogens is 1. The monoisotopic (exact) mass is 408 g/mol. The molecule has 0 unspecified atom stereocenters. The van der Waals surface area contributed by atoms with E-state index in [1.165, 1.54) is 0 Å². The molecule has 0 radical (unpaired) electrons. The molecule has 3 aromatic rings. The number of pyridine rings is 1. The topological polar surface area (TPSA) is 74.2 Å². The van der Waals surface area contributed by atoms with Gasteiger partial charge in [-0.25, -0.2) is 0 Å². The molecule has 1 aliphatic heterocycles. The van der Waals surface area contributed by atoms with Crippen LogP contribution in [0.1, 0.15) is 5.56 Å². The Bertz CT molecular complexity index is 941. The Morgan fingerprint density at radius 1 is 0.931 bits per heavy atom. The average Bonchev–Trinajstić information content (AvgIpc) is 2.77. The zero-order valence-electron chi connectivity index (χ0n) is 15.8. The summed E-state index contributed by atoms with van der Waals surface area (Å²) in [6, 6.07) is 15.0. The molecule has 3 heterocycles. The quantitative estimate of drug-likeness (QED) is 0.699. The molecule has 2 aromatic heterocycles. The van der Waals surface area contributed by atoms with Gasteiger partial charge >= 0.3 is 0 Å². The van der Waals surface area contributed by atoms with Gasteiger partial charge in [0.15, 0.2) is 11.6 Å². The molecule has 1 fully saturated rings. The van der Waals surface area contributed by atoms with Gasteiger partial charge in [0, 0.05) is 49.3 Å². The molecule has 7 nitrogen and oxygen atoms in total. The van der Waals surface area contributed by atoms with Crippen molar-refractivity contribution in [3.8, 4) is 0 Å². The summed E-state index contributed by atoms with van der Waals surface area (Å²) in [7, 11) is 0. The largest absolute Gasteiger partial charge is 0.352 e.